The zero-order valence-electron chi connectivity index (χ0n) is 13.4. The fraction of sp³-hybridized carbons (Fsp3) is 0.211. The second kappa shape index (κ2) is 5.87. The number of urea groups is 1. The number of benzene rings is 2. The van der Waals surface area contributed by atoms with Gasteiger partial charge in [-0.25, -0.2) is 4.79 Å². The molecule has 122 valence electrons. The zero-order valence-corrected chi connectivity index (χ0v) is 14.2. The highest BCUT2D eigenvalue weighted by Gasteiger charge is 2.21. The van der Waals surface area contributed by atoms with Crippen molar-refractivity contribution in [3.05, 3.63) is 64.3 Å². The number of carbonyl (C=O) groups is 1. The molecule has 2 aromatic carbocycles. The molecule has 0 fully saturated rings. The first kappa shape index (κ1) is 15.1. The van der Waals surface area contributed by atoms with Gasteiger partial charge in [0.15, 0.2) is 0 Å². The van der Waals surface area contributed by atoms with E-state index in [0.717, 1.165) is 39.2 Å². The number of rotatable bonds is 1. The SMILES string of the molecule is Cc1cc2cc[nH]c2cc1NC(=O)N1CCc2cc(Cl)ccc2C1. The Morgan fingerprint density at radius 2 is 2.08 bits per heavy atom. The number of nitrogens with one attached hydrogen (secondary N) is 2. The van der Waals surface area contributed by atoms with E-state index < -0.39 is 0 Å². The molecule has 0 saturated heterocycles. The van der Waals surface area contributed by atoms with E-state index in [1.165, 1.54) is 5.56 Å². The Bertz CT molecular complexity index is 932. The van der Waals surface area contributed by atoms with Crippen LogP contribution in [0, 0.1) is 6.92 Å². The monoisotopic (exact) mass is 339 g/mol. The Hall–Kier alpha value is -2.46. The minimum absolute atomic E-state index is 0.0652. The molecule has 0 saturated carbocycles. The van der Waals surface area contributed by atoms with E-state index in [9.17, 15) is 4.79 Å². The number of hydrogen-bond donors (Lipinski definition) is 2. The number of aromatic nitrogens is 1. The molecule has 24 heavy (non-hydrogen) atoms. The van der Waals surface area contributed by atoms with Crippen LogP contribution >= 0.6 is 11.6 Å². The maximum atomic E-state index is 12.6. The summed E-state index contributed by atoms with van der Waals surface area (Å²) in [4.78, 5) is 17.7. The third kappa shape index (κ3) is 2.74. The van der Waals surface area contributed by atoms with Crippen molar-refractivity contribution in [3.63, 3.8) is 0 Å². The van der Waals surface area contributed by atoms with Crippen molar-refractivity contribution in [2.75, 3.05) is 11.9 Å². The lowest BCUT2D eigenvalue weighted by Crippen LogP contribution is -2.39. The Morgan fingerprint density at radius 1 is 1.21 bits per heavy atom. The van der Waals surface area contributed by atoms with Gasteiger partial charge in [-0.1, -0.05) is 17.7 Å². The van der Waals surface area contributed by atoms with E-state index in [1.54, 1.807) is 0 Å². The second-order valence-electron chi connectivity index (χ2n) is 6.25. The molecule has 1 aromatic heterocycles. The molecular formula is C19H18ClN3O. The average molecular weight is 340 g/mol. The van der Waals surface area contributed by atoms with Gasteiger partial charge in [0.05, 0.1) is 0 Å². The number of H-pyrrole nitrogens is 1. The molecule has 4 nitrogen and oxygen atoms in total. The predicted molar refractivity (Wildman–Crippen MR) is 97.6 cm³/mol. The summed E-state index contributed by atoms with van der Waals surface area (Å²) in [6, 6.07) is 11.9. The molecule has 0 atom stereocenters. The lowest BCUT2D eigenvalue weighted by atomic mass is 10.0. The Labute approximate surface area is 145 Å². The molecule has 1 aliphatic heterocycles. The van der Waals surface area contributed by atoms with Gasteiger partial charge in [-0.3, -0.25) is 0 Å². The van der Waals surface area contributed by atoms with E-state index in [4.69, 9.17) is 11.6 Å². The van der Waals surface area contributed by atoms with Crippen LogP contribution in [0.3, 0.4) is 0 Å². The summed E-state index contributed by atoms with van der Waals surface area (Å²) in [5.41, 5.74) is 5.32. The highest BCUT2D eigenvalue weighted by molar-refractivity contribution is 6.30. The number of fused-ring (bicyclic) bond motifs is 2. The van der Waals surface area contributed by atoms with Crippen LogP contribution in [0.4, 0.5) is 10.5 Å². The van der Waals surface area contributed by atoms with Crippen LogP contribution in [-0.2, 0) is 13.0 Å². The van der Waals surface area contributed by atoms with Crippen LogP contribution < -0.4 is 5.32 Å². The van der Waals surface area contributed by atoms with Crippen LogP contribution in [0.25, 0.3) is 10.9 Å². The summed E-state index contributed by atoms with van der Waals surface area (Å²) in [6.07, 6.45) is 2.74. The molecule has 0 bridgehead atoms. The fourth-order valence-electron chi connectivity index (χ4n) is 3.24. The molecule has 5 heteroatoms. The maximum Gasteiger partial charge on any atom is 0.322 e. The van der Waals surface area contributed by atoms with Gasteiger partial charge < -0.3 is 15.2 Å². The van der Waals surface area contributed by atoms with E-state index in [0.29, 0.717) is 13.1 Å². The minimum atomic E-state index is -0.0652. The van der Waals surface area contributed by atoms with Crippen LogP contribution in [0.5, 0.6) is 0 Å². The van der Waals surface area contributed by atoms with E-state index >= 15 is 0 Å². The van der Waals surface area contributed by atoms with Crippen molar-refractivity contribution in [1.82, 2.24) is 9.88 Å². The number of anilines is 1. The quantitative estimate of drug-likeness (QED) is 0.662. The lowest BCUT2D eigenvalue weighted by molar-refractivity contribution is 0.206. The van der Waals surface area contributed by atoms with Gasteiger partial charge in [-0.05, 0) is 65.8 Å². The Kier molecular flexibility index (Phi) is 3.69. The van der Waals surface area contributed by atoms with Gasteiger partial charge in [0.25, 0.3) is 0 Å². The number of carbonyl (C=O) groups excluding carboxylic acids is 1. The van der Waals surface area contributed by atoms with Crippen LogP contribution in [-0.4, -0.2) is 22.5 Å². The first-order valence-corrected chi connectivity index (χ1v) is 8.39. The highest BCUT2D eigenvalue weighted by Crippen LogP contribution is 2.25. The van der Waals surface area contributed by atoms with E-state index in [2.05, 4.69) is 16.4 Å². The number of hydrogen-bond acceptors (Lipinski definition) is 1. The summed E-state index contributed by atoms with van der Waals surface area (Å²) in [6.45, 7) is 3.32. The van der Waals surface area contributed by atoms with E-state index in [1.807, 2.05) is 48.4 Å². The Balaban J connectivity index is 1.53. The number of aryl methyl sites for hydroxylation is 1. The molecule has 2 amide bonds. The maximum absolute atomic E-state index is 12.6. The minimum Gasteiger partial charge on any atom is -0.361 e. The fourth-order valence-corrected chi connectivity index (χ4v) is 3.43. The molecule has 0 aliphatic carbocycles. The second-order valence-corrected chi connectivity index (χ2v) is 6.68. The number of aromatic amines is 1. The smallest absolute Gasteiger partial charge is 0.322 e. The van der Waals surface area contributed by atoms with Crippen molar-refractivity contribution < 1.29 is 4.79 Å². The van der Waals surface area contributed by atoms with Crippen molar-refractivity contribution >= 4 is 34.2 Å². The first-order chi connectivity index (χ1) is 11.6. The van der Waals surface area contributed by atoms with Crippen molar-refractivity contribution in [2.24, 2.45) is 0 Å². The van der Waals surface area contributed by atoms with E-state index in [-0.39, 0.29) is 6.03 Å². The standard InChI is InChI=1S/C19H18ClN3O/c1-12-8-14-4-6-21-18(14)10-17(12)22-19(24)23-7-5-13-9-16(20)3-2-15(13)11-23/h2-4,6,8-10,21H,5,7,11H2,1H3,(H,22,24). The Morgan fingerprint density at radius 3 is 2.96 bits per heavy atom. The van der Waals surface area contributed by atoms with Crippen LogP contribution in [0.2, 0.25) is 5.02 Å². The highest BCUT2D eigenvalue weighted by atomic mass is 35.5. The van der Waals surface area contributed by atoms with Gasteiger partial charge in [0.2, 0.25) is 0 Å². The van der Waals surface area contributed by atoms with Gasteiger partial charge in [0, 0.05) is 35.5 Å². The summed E-state index contributed by atoms with van der Waals surface area (Å²) in [5.74, 6) is 0. The van der Waals surface area contributed by atoms with Gasteiger partial charge in [-0.15, -0.1) is 0 Å². The van der Waals surface area contributed by atoms with Gasteiger partial charge in [-0.2, -0.15) is 0 Å². The van der Waals surface area contributed by atoms with Crippen LogP contribution in [0.1, 0.15) is 16.7 Å². The molecular weight excluding hydrogens is 322 g/mol. The summed E-state index contributed by atoms with van der Waals surface area (Å²) in [5, 5.41) is 4.94. The number of halogens is 1. The number of amides is 2. The largest absolute Gasteiger partial charge is 0.361 e. The molecule has 3 aromatic rings. The van der Waals surface area contributed by atoms with Gasteiger partial charge in [0.1, 0.15) is 0 Å². The first-order valence-electron chi connectivity index (χ1n) is 8.01. The normalized spacial score (nSPS) is 13.8. The van der Waals surface area contributed by atoms with Crippen molar-refractivity contribution in [2.45, 2.75) is 19.9 Å². The molecule has 2 heterocycles. The summed E-state index contributed by atoms with van der Waals surface area (Å²) < 4.78 is 0. The average Bonchev–Trinajstić information content (AvgIpc) is 3.01. The van der Waals surface area contributed by atoms with Crippen LogP contribution in [0.15, 0.2) is 42.6 Å². The summed E-state index contributed by atoms with van der Waals surface area (Å²) in [7, 11) is 0. The summed E-state index contributed by atoms with van der Waals surface area (Å²) >= 11 is 6.04. The molecule has 0 unspecified atom stereocenters. The molecule has 1 aliphatic rings. The molecule has 0 spiro atoms. The predicted octanol–water partition coefficient (Wildman–Crippen LogP) is 4.72. The molecule has 4 rings (SSSR count). The third-order valence-corrected chi connectivity index (χ3v) is 4.84. The van der Waals surface area contributed by atoms with Crippen molar-refractivity contribution in [3.8, 4) is 0 Å². The molecule has 0 radical (unpaired) electrons. The zero-order chi connectivity index (χ0) is 16.7. The number of nitrogens with zero attached hydrogens (tertiary/aromatic N) is 1. The third-order valence-electron chi connectivity index (χ3n) is 4.61. The lowest BCUT2D eigenvalue weighted by Gasteiger charge is -2.29. The molecule has 2 N–H and O–H groups in total. The van der Waals surface area contributed by atoms with Crippen molar-refractivity contribution in [1.29, 1.82) is 0 Å². The topological polar surface area (TPSA) is 48.1 Å². The van der Waals surface area contributed by atoms with Gasteiger partial charge >= 0.3 is 6.03 Å².